The zero-order chi connectivity index (χ0) is 12.8. The SMILES string of the molecule is CCCCN(C(=N)N)c1ccc(C(=O)O)cc1.Cl. The van der Waals surface area contributed by atoms with Gasteiger partial charge in [0.25, 0.3) is 0 Å². The average Bonchev–Trinajstić information content (AvgIpc) is 2.29. The molecule has 0 saturated heterocycles. The maximum Gasteiger partial charge on any atom is 0.335 e. The van der Waals surface area contributed by atoms with Crippen LogP contribution in [0.4, 0.5) is 5.69 Å². The van der Waals surface area contributed by atoms with E-state index < -0.39 is 5.97 Å². The molecule has 1 aromatic carbocycles. The Kier molecular flexibility index (Phi) is 6.82. The van der Waals surface area contributed by atoms with Crippen LogP contribution in [0.2, 0.25) is 0 Å². The number of anilines is 1. The summed E-state index contributed by atoms with van der Waals surface area (Å²) in [7, 11) is 0. The summed E-state index contributed by atoms with van der Waals surface area (Å²) in [6, 6.07) is 6.36. The number of unbranched alkanes of at least 4 members (excludes halogenated alkanes) is 1. The summed E-state index contributed by atoms with van der Waals surface area (Å²) in [5, 5.41) is 16.3. The lowest BCUT2D eigenvalue weighted by atomic mass is 10.2. The number of aromatic carboxylic acids is 1. The highest BCUT2D eigenvalue weighted by molar-refractivity contribution is 5.93. The van der Waals surface area contributed by atoms with E-state index in [1.807, 2.05) is 0 Å². The Labute approximate surface area is 113 Å². The van der Waals surface area contributed by atoms with Gasteiger partial charge in [-0.05, 0) is 30.7 Å². The predicted octanol–water partition coefficient (Wildman–Crippen LogP) is 2.31. The van der Waals surface area contributed by atoms with Crippen LogP contribution in [0.1, 0.15) is 30.1 Å². The molecule has 0 atom stereocenters. The molecule has 0 fully saturated rings. The maximum absolute atomic E-state index is 10.7. The maximum atomic E-state index is 10.7. The van der Waals surface area contributed by atoms with Crippen molar-refractivity contribution in [3.8, 4) is 0 Å². The number of nitrogens with zero attached hydrogens (tertiary/aromatic N) is 1. The predicted molar refractivity (Wildman–Crippen MR) is 74.8 cm³/mol. The molecule has 6 heteroatoms. The highest BCUT2D eigenvalue weighted by Gasteiger charge is 2.09. The van der Waals surface area contributed by atoms with Gasteiger partial charge in [-0.3, -0.25) is 5.41 Å². The van der Waals surface area contributed by atoms with Crippen LogP contribution in [-0.2, 0) is 0 Å². The molecule has 0 spiro atoms. The van der Waals surface area contributed by atoms with Gasteiger partial charge in [0.15, 0.2) is 5.96 Å². The largest absolute Gasteiger partial charge is 0.478 e. The molecule has 0 aromatic heterocycles. The summed E-state index contributed by atoms with van der Waals surface area (Å²) in [5.74, 6) is -0.985. The van der Waals surface area contributed by atoms with E-state index in [9.17, 15) is 4.79 Å². The van der Waals surface area contributed by atoms with Crippen molar-refractivity contribution in [2.45, 2.75) is 19.8 Å². The molecular formula is C12H18ClN3O2. The van der Waals surface area contributed by atoms with Gasteiger partial charge in [0.2, 0.25) is 0 Å². The fourth-order valence-corrected chi connectivity index (χ4v) is 1.49. The van der Waals surface area contributed by atoms with E-state index in [2.05, 4.69) is 6.92 Å². The topological polar surface area (TPSA) is 90.4 Å². The molecule has 100 valence electrons. The van der Waals surface area contributed by atoms with Crippen LogP contribution < -0.4 is 10.6 Å². The molecule has 0 radical (unpaired) electrons. The average molecular weight is 272 g/mol. The van der Waals surface area contributed by atoms with Gasteiger partial charge in [-0.2, -0.15) is 0 Å². The van der Waals surface area contributed by atoms with E-state index in [4.69, 9.17) is 16.2 Å². The lowest BCUT2D eigenvalue weighted by molar-refractivity contribution is 0.0697. The number of rotatable bonds is 5. The van der Waals surface area contributed by atoms with Gasteiger partial charge in [-0.1, -0.05) is 13.3 Å². The molecule has 1 rings (SSSR count). The number of guanidine groups is 1. The standard InChI is InChI=1S/C12H17N3O2.ClH/c1-2-3-8-15(12(13)14)10-6-4-9(5-7-10)11(16)17;/h4-7H,2-3,8H2,1H3,(H3,13,14)(H,16,17);1H. The summed E-state index contributed by atoms with van der Waals surface area (Å²) < 4.78 is 0. The quantitative estimate of drug-likeness (QED) is 0.566. The van der Waals surface area contributed by atoms with E-state index in [1.54, 1.807) is 17.0 Å². The van der Waals surface area contributed by atoms with Crippen molar-refractivity contribution < 1.29 is 9.90 Å². The Morgan fingerprint density at radius 3 is 2.33 bits per heavy atom. The minimum atomic E-state index is -0.959. The zero-order valence-electron chi connectivity index (χ0n) is 10.2. The fourth-order valence-electron chi connectivity index (χ4n) is 1.49. The number of halogens is 1. The number of carboxylic acid groups (broad SMARTS) is 1. The number of carboxylic acids is 1. The second-order valence-electron chi connectivity index (χ2n) is 3.74. The first-order valence-electron chi connectivity index (χ1n) is 5.51. The molecule has 0 heterocycles. The van der Waals surface area contributed by atoms with Gasteiger partial charge in [-0.15, -0.1) is 12.4 Å². The van der Waals surface area contributed by atoms with E-state index in [-0.39, 0.29) is 23.9 Å². The fraction of sp³-hybridized carbons (Fsp3) is 0.333. The smallest absolute Gasteiger partial charge is 0.335 e. The summed E-state index contributed by atoms with van der Waals surface area (Å²) in [4.78, 5) is 12.4. The number of nitrogens with one attached hydrogen (secondary N) is 1. The van der Waals surface area contributed by atoms with Crippen LogP contribution >= 0.6 is 12.4 Å². The van der Waals surface area contributed by atoms with E-state index in [0.29, 0.717) is 6.54 Å². The Balaban J connectivity index is 0.00000289. The Morgan fingerprint density at radius 2 is 1.94 bits per heavy atom. The molecule has 0 bridgehead atoms. The summed E-state index contributed by atoms with van der Waals surface area (Å²) >= 11 is 0. The van der Waals surface area contributed by atoms with Crippen LogP contribution in [0.3, 0.4) is 0 Å². The molecule has 0 aliphatic heterocycles. The minimum Gasteiger partial charge on any atom is -0.478 e. The highest BCUT2D eigenvalue weighted by atomic mass is 35.5. The first-order valence-corrected chi connectivity index (χ1v) is 5.51. The molecule has 4 N–H and O–H groups in total. The number of carbonyl (C=O) groups is 1. The normalized spacial score (nSPS) is 9.39. The molecule has 18 heavy (non-hydrogen) atoms. The second kappa shape index (κ2) is 7.55. The van der Waals surface area contributed by atoms with Gasteiger partial charge in [0, 0.05) is 12.2 Å². The van der Waals surface area contributed by atoms with Crippen molar-refractivity contribution in [1.29, 1.82) is 5.41 Å². The van der Waals surface area contributed by atoms with E-state index in [1.165, 1.54) is 12.1 Å². The first kappa shape index (κ1) is 16.2. The van der Waals surface area contributed by atoms with Gasteiger partial charge in [-0.25, -0.2) is 4.79 Å². The van der Waals surface area contributed by atoms with E-state index >= 15 is 0 Å². The number of benzene rings is 1. The van der Waals surface area contributed by atoms with Gasteiger partial charge < -0.3 is 15.7 Å². The van der Waals surface area contributed by atoms with Crippen LogP contribution in [0.15, 0.2) is 24.3 Å². The van der Waals surface area contributed by atoms with Crippen molar-refractivity contribution in [2.24, 2.45) is 5.73 Å². The number of hydrogen-bond donors (Lipinski definition) is 3. The second-order valence-corrected chi connectivity index (χ2v) is 3.74. The van der Waals surface area contributed by atoms with Crippen LogP contribution in [0, 0.1) is 5.41 Å². The third kappa shape index (κ3) is 4.25. The molecule has 0 saturated carbocycles. The lowest BCUT2D eigenvalue weighted by Crippen LogP contribution is -2.37. The van der Waals surface area contributed by atoms with Crippen LogP contribution in [0.5, 0.6) is 0 Å². The first-order chi connectivity index (χ1) is 8.06. The zero-order valence-corrected chi connectivity index (χ0v) is 11.0. The number of nitrogens with two attached hydrogens (primary N) is 1. The third-order valence-electron chi connectivity index (χ3n) is 2.45. The minimum absolute atomic E-state index is 0. The molecular weight excluding hydrogens is 254 g/mol. The Morgan fingerprint density at radius 1 is 1.39 bits per heavy atom. The van der Waals surface area contributed by atoms with Gasteiger partial charge in [0.1, 0.15) is 0 Å². The van der Waals surface area contributed by atoms with Crippen molar-refractivity contribution >= 4 is 30.0 Å². The Bertz CT molecular complexity index is 406. The summed E-state index contributed by atoms with van der Waals surface area (Å²) in [6.07, 6.45) is 1.94. The van der Waals surface area contributed by atoms with Gasteiger partial charge in [0.05, 0.1) is 5.56 Å². The molecule has 0 aliphatic carbocycles. The summed E-state index contributed by atoms with van der Waals surface area (Å²) in [5.41, 5.74) is 6.48. The number of hydrogen-bond acceptors (Lipinski definition) is 2. The van der Waals surface area contributed by atoms with Crippen molar-refractivity contribution in [1.82, 2.24) is 0 Å². The van der Waals surface area contributed by atoms with Crippen molar-refractivity contribution in [2.75, 3.05) is 11.4 Å². The van der Waals surface area contributed by atoms with Crippen molar-refractivity contribution in [3.05, 3.63) is 29.8 Å². The monoisotopic (exact) mass is 271 g/mol. The van der Waals surface area contributed by atoms with Gasteiger partial charge >= 0.3 is 5.97 Å². The lowest BCUT2D eigenvalue weighted by Gasteiger charge is -2.22. The molecule has 1 aromatic rings. The van der Waals surface area contributed by atoms with Crippen molar-refractivity contribution in [3.63, 3.8) is 0 Å². The molecule has 0 amide bonds. The van der Waals surface area contributed by atoms with Crippen LogP contribution in [0.25, 0.3) is 0 Å². The van der Waals surface area contributed by atoms with Crippen LogP contribution in [-0.4, -0.2) is 23.6 Å². The highest BCUT2D eigenvalue weighted by Crippen LogP contribution is 2.15. The molecule has 5 nitrogen and oxygen atoms in total. The molecule has 0 aliphatic rings. The Hall–Kier alpha value is -1.75. The summed E-state index contributed by atoms with van der Waals surface area (Å²) in [6.45, 7) is 2.73. The molecule has 0 unspecified atom stereocenters. The van der Waals surface area contributed by atoms with E-state index in [0.717, 1.165) is 18.5 Å². The third-order valence-corrected chi connectivity index (χ3v) is 2.45.